The molecule has 0 saturated carbocycles. The molecule has 1 aliphatic heterocycles. The number of nitrogens with zero attached hydrogens (tertiary/aromatic N) is 3. The number of para-hydroxylation sites is 1. The largest absolute Gasteiger partial charge is 0.378 e. The number of nitrogens with one attached hydrogen (secondary N) is 1. The van der Waals surface area contributed by atoms with E-state index in [1.54, 1.807) is 6.20 Å². The second kappa shape index (κ2) is 6.49. The molecule has 0 radical (unpaired) electrons. The van der Waals surface area contributed by atoms with Gasteiger partial charge in [-0.05, 0) is 12.1 Å². The number of guanidine groups is 1. The molecule has 3 rings (SSSR count). The van der Waals surface area contributed by atoms with E-state index in [1.165, 1.54) is 11.3 Å². The van der Waals surface area contributed by atoms with Gasteiger partial charge in [-0.3, -0.25) is 0 Å². The minimum atomic E-state index is 0.730. The maximum Gasteiger partial charge on any atom is 0.212 e. The van der Waals surface area contributed by atoms with E-state index in [2.05, 4.69) is 20.2 Å². The first kappa shape index (κ1) is 13.1. The van der Waals surface area contributed by atoms with Crippen LogP contribution < -0.4 is 5.32 Å². The lowest BCUT2D eigenvalue weighted by Crippen LogP contribution is -2.44. The Bertz CT molecular complexity index is 550. The van der Waals surface area contributed by atoms with Gasteiger partial charge in [-0.2, -0.15) is 4.99 Å². The number of ether oxygens (including phenoxy) is 1. The molecule has 1 saturated heterocycles. The number of hydrogen-bond acceptors (Lipinski definition) is 4. The highest BCUT2D eigenvalue weighted by Gasteiger charge is 2.16. The molecule has 6 heteroatoms. The molecule has 1 aliphatic rings. The average molecular weight is 288 g/mol. The van der Waals surface area contributed by atoms with Crippen molar-refractivity contribution in [1.82, 2.24) is 9.88 Å². The average Bonchev–Trinajstić information content (AvgIpc) is 3.02. The Balaban J connectivity index is 1.83. The zero-order chi connectivity index (χ0) is 13.6. The highest BCUT2D eigenvalue weighted by molar-refractivity contribution is 7.13. The summed E-state index contributed by atoms with van der Waals surface area (Å²) in [5.74, 6) is 0.828. The summed E-state index contributed by atoms with van der Waals surface area (Å²) in [7, 11) is 0. The monoisotopic (exact) mass is 288 g/mol. The number of rotatable bonds is 2. The number of benzene rings is 1. The van der Waals surface area contributed by atoms with Gasteiger partial charge < -0.3 is 15.0 Å². The minimum Gasteiger partial charge on any atom is -0.378 e. The second-order valence-corrected chi connectivity index (χ2v) is 5.21. The van der Waals surface area contributed by atoms with Crippen molar-refractivity contribution in [3.8, 4) is 0 Å². The van der Waals surface area contributed by atoms with Crippen molar-refractivity contribution >= 4 is 28.1 Å². The Morgan fingerprint density at radius 3 is 2.75 bits per heavy atom. The van der Waals surface area contributed by atoms with Crippen molar-refractivity contribution in [3.05, 3.63) is 41.9 Å². The molecule has 1 N–H and O–H groups in total. The smallest absolute Gasteiger partial charge is 0.212 e. The van der Waals surface area contributed by atoms with E-state index in [0.29, 0.717) is 0 Å². The van der Waals surface area contributed by atoms with E-state index in [0.717, 1.165) is 43.1 Å². The summed E-state index contributed by atoms with van der Waals surface area (Å²) < 4.78 is 5.40. The van der Waals surface area contributed by atoms with Gasteiger partial charge in [0, 0.05) is 30.4 Å². The van der Waals surface area contributed by atoms with Gasteiger partial charge in [0.1, 0.15) is 0 Å². The second-order valence-electron chi connectivity index (χ2n) is 4.34. The third-order valence-electron chi connectivity index (χ3n) is 2.96. The zero-order valence-corrected chi connectivity index (χ0v) is 11.8. The van der Waals surface area contributed by atoms with Gasteiger partial charge in [0.15, 0.2) is 0 Å². The number of morpholine rings is 1. The first-order chi connectivity index (χ1) is 9.92. The standard InChI is InChI=1S/C14H16N4OS/c1-2-4-12(5-3-1)16-13(17-14-15-6-11-20-14)18-7-9-19-10-8-18/h1-6,11H,7-10H2,(H,15,16,17). The van der Waals surface area contributed by atoms with E-state index in [4.69, 9.17) is 4.74 Å². The lowest BCUT2D eigenvalue weighted by Gasteiger charge is -2.29. The molecule has 5 nitrogen and oxygen atoms in total. The maximum atomic E-state index is 5.40. The summed E-state index contributed by atoms with van der Waals surface area (Å²) in [6.45, 7) is 3.13. The summed E-state index contributed by atoms with van der Waals surface area (Å²) in [4.78, 5) is 11.0. The molecule has 0 spiro atoms. The van der Waals surface area contributed by atoms with Crippen LogP contribution in [0, 0.1) is 0 Å². The maximum absolute atomic E-state index is 5.40. The topological polar surface area (TPSA) is 49.8 Å². The fraction of sp³-hybridized carbons (Fsp3) is 0.286. The van der Waals surface area contributed by atoms with Gasteiger partial charge in [0.05, 0.1) is 13.2 Å². The van der Waals surface area contributed by atoms with Crippen LogP contribution in [0.2, 0.25) is 0 Å². The normalized spacial score (nSPS) is 16.2. The van der Waals surface area contributed by atoms with Gasteiger partial charge >= 0.3 is 0 Å². The van der Waals surface area contributed by atoms with Crippen LogP contribution in [0.25, 0.3) is 0 Å². The van der Waals surface area contributed by atoms with Gasteiger partial charge in [-0.15, -0.1) is 11.3 Å². The molecule has 2 aromatic rings. The van der Waals surface area contributed by atoms with E-state index in [1.807, 2.05) is 35.7 Å². The van der Waals surface area contributed by atoms with Gasteiger partial charge in [0.25, 0.3) is 0 Å². The summed E-state index contributed by atoms with van der Waals surface area (Å²) >= 11 is 1.53. The van der Waals surface area contributed by atoms with Crippen molar-refractivity contribution in [2.75, 3.05) is 31.6 Å². The number of thiazole rings is 1. The molecule has 2 heterocycles. The van der Waals surface area contributed by atoms with Crippen LogP contribution in [0.5, 0.6) is 0 Å². The molecule has 1 aromatic heterocycles. The van der Waals surface area contributed by atoms with Crippen molar-refractivity contribution in [2.24, 2.45) is 4.99 Å². The summed E-state index contributed by atoms with van der Waals surface area (Å²) in [6.07, 6.45) is 1.77. The molecule has 104 valence electrons. The van der Waals surface area contributed by atoms with Crippen LogP contribution in [0.1, 0.15) is 0 Å². The quantitative estimate of drug-likeness (QED) is 0.681. The van der Waals surface area contributed by atoms with E-state index in [9.17, 15) is 0 Å². The molecule has 20 heavy (non-hydrogen) atoms. The Hall–Kier alpha value is -1.92. The molecule has 0 bridgehead atoms. The van der Waals surface area contributed by atoms with Gasteiger partial charge in [-0.1, -0.05) is 18.2 Å². The van der Waals surface area contributed by atoms with E-state index >= 15 is 0 Å². The molecule has 0 unspecified atom stereocenters. The first-order valence-electron chi connectivity index (χ1n) is 6.55. The number of aliphatic imine (C=N–C) groups is 1. The molecule has 1 fully saturated rings. The summed E-state index contributed by atoms with van der Waals surface area (Å²) in [6, 6.07) is 10.1. The molecule has 0 atom stereocenters. The Morgan fingerprint density at radius 2 is 2.05 bits per heavy atom. The fourth-order valence-corrected chi connectivity index (χ4v) is 2.47. The predicted molar refractivity (Wildman–Crippen MR) is 81.7 cm³/mol. The van der Waals surface area contributed by atoms with Gasteiger partial charge in [0.2, 0.25) is 11.1 Å². The van der Waals surface area contributed by atoms with Crippen LogP contribution in [-0.4, -0.2) is 42.1 Å². The third-order valence-corrected chi connectivity index (χ3v) is 3.63. The first-order valence-corrected chi connectivity index (χ1v) is 7.43. The van der Waals surface area contributed by atoms with Gasteiger partial charge in [-0.25, -0.2) is 4.98 Å². The van der Waals surface area contributed by atoms with Crippen molar-refractivity contribution in [1.29, 1.82) is 0 Å². The van der Waals surface area contributed by atoms with Crippen molar-refractivity contribution in [2.45, 2.75) is 0 Å². The Kier molecular flexibility index (Phi) is 4.25. The molecular formula is C14H16N4OS. The van der Waals surface area contributed by atoms with Crippen molar-refractivity contribution < 1.29 is 4.74 Å². The number of aromatic nitrogens is 1. The highest BCUT2D eigenvalue weighted by atomic mass is 32.1. The van der Waals surface area contributed by atoms with Crippen LogP contribution in [-0.2, 0) is 4.74 Å². The Morgan fingerprint density at radius 1 is 1.25 bits per heavy atom. The lowest BCUT2D eigenvalue weighted by atomic mass is 10.3. The van der Waals surface area contributed by atoms with E-state index in [-0.39, 0.29) is 0 Å². The minimum absolute atomic E-state index is 0.730. The van der Waals surface area contributed by atoms with E-state index < -0.39 is 0 Å². The number of hydrogen-bond donors (Lipinski definition) is 1. The van der Waals surface area contributed by atoms with Crippen LogP contribution in [0.4, 0.5) is 10.8 Å². The summed E-state index contributed by atoms with van der Waals surface area (Å²) in [5, 5.41) is 6.06. The van der Waals surface area contributed by atoms with Crippen LogP contribution in [0.3, 0.4) is 0 Å². The molecule has 1 aromatic carbocycles. The molecule has 0 amide bonds. The summed E-state index contributed by atoms with van der Waals surface area (Å²) in [5.41, 5.74) is 1.02. The third kappa shape index (κ3) is 3.34. The number of anilines is 1. The fourth-order valence-electron chi connectivity index (χ4n) is 1.97. The van der Waals surface area contributed by atoms with Crippen LogP contribution in [0.15, 0.2) is 46.9 Å². The zero-order valence-electron chi connectivity index (χ0n) is 11.0. The van der Waals surface area contributed by atoms with Crippen LogP contribution >= 0.6 is 11.3 Å². The van der Waals surface area contributed by atoms with Crippen molar-refractivity contribution in [3.63, 3.8) is 0 Å². The lowest BCUT2D eigenvalue weighted by molar-refractivity contribution is 0.0680. The SMILES string of the molecule is c1ccc(N/C(=N/c2nccs2)N2CCOCC2)cc1. The molecule has 0 aliphatic carbocycles. The molecular weight excluding hydrogens is 272 g/mol. The predicted octanol–water partition coefficient (Wildman–Crippen LogP) is 2.57. The highest BCUT2D eigenvalue weighted by Crippen LogP contribution is 2.17. The Labute approximate surface area is 121 Å².